The van der Waals surface area contributed by atoms with E-state index in [0.29, 0.717) is 18.7 Å². The minimum absolute atomic E-state index is 0.0749. The Bertz CT molecular complexity index is 877. The Hall–Kier alpha value is -2.72. The molecule has 0 heterocycles. The number of carbonyl (C=O) groups excluding carboxylic acids is 1. The molecule has 0 aromatic heterocycles. The number of carbonyl (C=O) groups is 1. The average Bonchev–Trinajstić information content (AvgIpc) is 2.77. The minimum Gasteiger partial charge on any atom is -0.492 e. The summed E-state index contributed by atoms with van der Waals surface area (Å²) in [5.74, 6) is 1.64. The van der Waals surface area contributed by atoms with Crippen molar-refractivity contribution in [3.8, 4) is 5.75 Å². The molecule has 0 unspecified atom stereocenters. The van der Waals surface area contributed by atoms with Crippen molar-refractivity contribution in [2.45, 2.75) is 30.4 Å². The highest BCUT2D eigenvalue weighted by molar-refractivity contribution is 7.98. The lowest BCUT2D eigenvalue weighted by Gasteiger charge is -2.09. The van der Waals surface area contributed by atoms with Gasteiger partial charge in [-0.25, -0.2) is 0 Å². The Morgan fingerprint density at radius 1 is 0.897 bits per heavy atom. The summed E-state index contributed by atoms with van der Waals surface area (Å²) in [6, 6.07) is 26.3. The van der Waals surface area contributed by atoms with Crippen LogP contribution in [0.3, 0.4) is 0 Å². The van der Waals surface area contributed by atoms with Crippen LogP contribution < -0.4 is 10.1 Å². The molecule has 3 rings (SSSR count). The predicted molar refractivity (Wildman–Crippen MR) is 121 cm³/mol. The van der Waals surface area contributed by atoms with E-state index in [1.807, 2.05) is 54.6 Å². The van der Waals surface area contributed by atoms with E-state index in [1.54, 1.807) is 11.8 Å². The standard InChI is InChI=1S/C25H27NO2S/c1-2-6-20-11-15-23(16-12-20)28-18-17-26-25(27)22-13-9-21(10-14-22)19-29-24-7-4-3-5-8-24/h3-5,7-16H,2,6,17-19H2,1H3,(H,26,27). The van der Waals surface area contributed by atoms with Gasteiger partial charge in [-0.1, -0.05) is 55.8 Å². The van der Waals surface area contributed by atoms with Gasteiger partial charge in [0.15, 0.2) is 0 Å². The van der Waals surface area contributed by atoms with E-state index in [9.17, 15) is 4.79 Å². The number of nitrogens with one attached hydrogen (secondary N) is 1. The lowest BCUT2D eigenvalue weighted by Crippen LogP contribution is -2.28. The molecular weight excluding hydrogens is 378 g/mol. The lowest BCUT2D eigenvalue weighted by atomic mass is 10.1. The van der Waals surface area contributed by atoms with Gasteiger partial charge in [-0.2, -0.15) is 0 Å². The molecule has 0 aliphatic heterocycles. The maximum absolute atomic E-state index is 12.3. The largest absolute Gasteiger partial charge is 0.492 e. The Labute approximate surface area is 177 Å². The third-order valence-corrected chi connectivity index (χ3v) is 5.57. The summed E-state index contributed by atoms with van der Waals surface area (Å²) in [7, 11) is 0. The first-order valence-electron chi connectivity index (χ1n) is 10.0. The van der Waals surface area contributed by atoms with E-state index in [1.165, 1.54) is 16.0 Å². The smallest absolute Gasteiger partial charge is 0.251 e. The average molecular weight is 406 g/mol. The molecule has 0 atom stereocenters. The van der Waals surface area contributed by atoms with Crippen LogP contribution in [-0.2, 0) is 12.2 Å². The van der Waals surface area contributed by atoms with Crippen LogP contribution in [-0.4, -0.2) is 19.1 Å². The summed E-state index contributed by atoms with van der Waals surface area (Å²) < 4.78 is 5.70. The van der Waals surface area contributed by atoms with Crippen molar-refractivity contribution in [3.05, 3.63) is 95.6 Å². The van der Waals surface area contributed by atoms with Gasteiger partial charge in [-0.05, 0) is 53.9 Å². The van der Waals surface area contributed by atoms with Crippen molar-refractivity contribution in [1.82, 2.24) is 5.32 Å². The van der Waals surface area contributed by atoms with Gasteiger partial charge < -0.3 is 10.1 Å². The van der Waals surface area contributed by atoms with Crippen molar-refractivity contribution in [1.29, 1.82) is 0 Å². The van der Waals surface area contributed by atoms with E-state index >= 15 is 0 Å². The van der Waals surface area contributed by atoms with Crippen LogP contribution in [0, 0.1) is 0 Å². The topological polar surface area (TPSA) is 38.3 Å². The van der Waals surface area contributed by atoms with Gasteiger partial charge in [0, 0.05) is 16.2 Å². The number of benzene rings is 3. The number of hydrogen-bond donors (Lipinski definition) is 1. The van der Waals surface area contributed by atoms with Gasteiger partial charge in [-0.3, -0.25) is 4.79 Å². The molecule has 150 valence electrons. The highest BCUT2D eigenvalue weighted by Crippen LogP contribution is 2.22. The van der Waals surface area contributed by atoms with Crippen LogP contribution in [0.1, 0.15) is 34.8 Å². The number of aryl methyl sites for hydroxylation is 1. The van der Waals surface area contributed by atoms with Crippen molar-refractivity contribution in [3.63, 3.8) is 0 Å². The third-order valence-electron chi connectivity index (χ3n) is 4.48. The summed E-state index contributed by atoms with van der Waals surface area (Å²) in [5.41, 5.74) is 3.19. The van der Waals surface area contributed by atoms with Gasteiger partial charge in [0.2, 0.25) is 0 Å². The molecule has 0 aliphatic rings. The predicted octanol–water partition coefficient (Wildman–Crippen LogP) is 5.74. The maximum Gasteiger partial charge on any atom is 0.251 e. The van der Waals surface area contributed by atoms with Crippen molar-refractivity contribution in [2.24, 2.45) is 0 Å². The van der Waals surface area contributed by atoms with Gasteiger partial charge in [0.05, 0.1) is 6.54 Å². The summed E-state index contributed by atoms with van der Waals surface area (Å²) in [6.07, 6.45) is 2.22. The zero-order valence-corrected chi connectivity index (χ0v) is 17.6. The number of ether oxygens (including phenoxy) is 1. The van der Waals surface area contributed by atoms with Crippen molar-refractivity contribution in [2.75, 3.05) is 13.2 Å². The van der Waals surface area contributed by atoms with Gasteiger partial charge in [-0.15, -0.1) is 11.8 Å². The summed E-state index contributed by atoms with van der Waals surface area (Å²) in [4.78, 5) is 13.5. The van der Waals surface area contributed by atoms with Crippen molar-refractivity contribution < 1.29 is 9.53 Å². The summed E-state index contributed by atoms with van der Waals surface area (Å²) in [6.45, 7) is 3.09. The fourth-order valence-electron chi connectivity index (χ4n) is 2.91. The number of rotatable bonds is 10. The monoisotopic (exact) mass is 405 g/mol. The number of hydrogen-bond acceptors (Lipinski definition) is 3. The fourth-order valence-corrected chi connectivity index (χ4v) is 3.79. The molecule has 0 fully saturated rings. The summed E-state index contributed by atoms with van der Waals surface area (Å²) >= 11 is 1.79. The first-order chi connectivity index (χ1) is 14.2. The molecule has 1 N–H and O–H groups in total. The molecule has 29 heavy (non-hydrogen) atoms. The van der Waals surface area contributed by atoms with Crippen LogP contribution in [0.2, 0.25) is 0 Å². The Morgan fingerprint density at radius 2 is 1.59 bits per heavy atom. The molecular formula is C25H27NO2S. The molecule has 0 aliphatic carbocycles. The SMILES string of the molecule is CCCc1ccc(OCCNC(=O)c2ccc(CSc3ccccc3)cc2)cc1. The van der Waals surface area contributed by atoms with Gasteiger partial charge >= 0.3 is 0 Å². The molecule has 0 radical (unpaired) electrons. The molecule has 0 saturated carbocycles. The molecule has 3 aromatic rings. The van der Waals surface area contributed by atoms with E-state index < -0.39 is 0 Å². The first-order valence-corrected chi connectivity index (χ1v) is 11.0. The van der Waals surface area contributed by atoms with E-state index in [0.717, 1.165) is 24.3 Å². The number of thioether (sulfide) groups is 1. The van der Waals surface area contributed by atoms with Crippen LogP contribution in [0.4, 0.5) is 0 Å². The molecule has 1 amide bonds. The Kier molecular flexibility index (Phi) is 8.20. The molecule has 0 saturated heterocycles. The third kappa shape index (κ3) is 6.99. The Balaban J connectivity index is 1.38. The van der Waals surface area contributed by atoms with Crippen LogP contribution in [0.5, 0.6) is 5.75 Å². The second kappa shape index (κ2) is 11.3. The van der Waals surface area contributed by atoms with Gasteiger partial charge in [0.25, 0.3) is 5.91 Å². The maximum atomic E-state index is 12.3. The highest BCUT2D eigenvalue weighted by Gasteiger charge is 2.05. The minimum atomic E-state index is -0.0749. The van der Waals surface area contributed by atoms with Crippen LogP contribution >= 0.6 is 11.8 Å². The van der Waals surface area contributed by atoms with E-state index in [-0.39, 0.29) is 5.91 Å². The fraction of sp³-hybridized carbons (Fsp3) is 0.240. The highest BCUT2D eigenvalue weighted by atomic mass is 32.2. The second-order valence-electron chi connectivity index (χ2n) is 6.80. The Morgan fingerprint density at radius 3 is 2.28 bits per heavy atom. The number of amides is 1. The molecule has 0 spiro atoms. The quantitative estimate of drug-likeness (QED) is 0.345. The van der Waals surface area contributed by atoms with Crippen molar-refractivity contribution >= 4 is 17.7 Å². The molecule has 3 aromatic carbocycles. The second-order valence-corrected chi connectivity index (χ2v) is 7.85. The molecule has 3 nitrogen and oxygen atoms in total. The zero-order valence-electron chi connectivity index (χ0n) is 16.8. The summed E-state index contributed by atoms with van der Waals surface area (Å²) in [5, 5.41) is 2.91. The van der Waals surface area contributed by atoms with Gasteiger partial charge in [0.1, 0.15) is 12.4 Å². The van der Waals surface area contributed by atoms with E-state index in [2.05, 4.69) is 36.5 Å². The lowest BCUT2D eigenvalue weighted by molar-refractivity contribution is 0.0947. The molecule has 4 heteroatoms. The van der Waals surface area contributed by atoms with E-state index in [4.69, 9.17) is 4.74 Å². The molecule has 0 bridgehead atoms. The van der Waals surface area contributed by atoms with Crippen LogP contribution in [0.25, 0.3) is 0 Å². The zero-order chi connectivity index (χ0) is 20.3. The first kappa shape index (κ1) is 21.0. The normalized spacial score (nSPS) is 10.5. The van der Waals surface area contributed by atoms with Crippen LogP contribution in [0.15, 0.2) is 83.8 Å².